The number of aliphatic carboxylic acids is 1. The van der Waals surface area contributed by atoms with Crippen molar-refractivity contribution in [3.63, 3.8) is 0 Å². The van der Waals surface area contributed by atoms with Gasteiger partial charge in [-0.3, -0.25) is 9.59 Å². The summed E-state index contributed by atoms with van der Waals surface area (Å²) in [4.78, 5) is 40.2. The third kappa shape index (κ3) is 7.15. The summed E-state index contributed by atoms with van der Waals surface area (Å²) >= 11 is 0. The van der Waals surface area contributed by atoms with Crippen LogP contribution in [0.3, 0.4) is 0 Å². The van der Waals surface area contributed by atoms with E-state index in [1.165, 1.54) is 13.2 Å². The van der Waals surface area contributed by atoms with Crippen molar-refractivity contribution in [2.45, 2.75) is 154 Å². The van der Waals surface area contributed by atoms with E-state index in [-0.39, 0.29) is 35.3 Å². The first-order valence-corrected chi connectivity index (χ1v) is 22.6. The average molecular weight is 891 g/mol. The Balaban J connectivity index is 1.13. The minimum Gasteiger partial charge on any atom is -0.481 e. The van der Waals surface area contributed by atoms with Gasteiger partial charge in [-0.25, -0.2) is 4.79 Å². The Morgan fingerprint density at radius 2 is 1.63 bits per heavy atom. The lowest BCUT2D eigenvalue weighted by Crippen LogP contribution is -2.69. The van der Waals surface area contributed by atoms with Gasteiger partial charge in [-0.05, 0) is 92.3 Å². The second-order valence-corrected chi connectivity index (χ2v) is 21.3. The minimum atomic E-state index is -1.75. The molecule has 354 valence electrons. The van der Waals surface area contributed by atoms with Crippen LogP contribution in [-0.2, 0) is 38.1 Å². The number of carboxylic acids is 1. The van der Waals surface area contributed by atoms with Crippen molar-refractivity contribution in [3.8, 4) is 0 Å². The lowest BCUT2D eigenvalue weighted by molar-refractivity contribution is -0.339. The predicted octanol–water partition coefficient (Wildman–Crippen LogP) is 2.74. The molecule has 2 heterocycles. The number of carbonyl (C=O) groups is 3. The molecular weight excluding hydrogens is 821 g/mol. The molecule has 0 aromatic heterocycles. The lowest BCUT2D eigenvalue weighted by Gasteiger charge is -2.72. The summed E-state index contributed by atoms with van der Waals surface area (Å²) in [6.07, 6.45) is -2.89. The Kier molecular flexibility index (Phi) is 12.8. The predicted molar refractivity (Wildman–Crippen MR) is 222 cm³/mol. The number of rotatable bonds is 10. The first-order chi connectivity index (χ1) is 29.4. The third-order valence-corrected chi connectivity index (χ3v) is 18.5. The van der Waals surface area contributed by atoms with Crippen molar-refractivity contribution in [2.24, 2.45) is 62.6 Å². The van der Waals surface area contributed by atoms with Crippen LogP contribution in [0.25, 0.3) is 0 Å². The lowest BCUT2D eigenvalue weighted by atomic mass is 9.33. The second kappa shape index (κ2) is 16.7. The number of ether oxygens (including phenoxy) is 5. The molecule has 7 rings (SSSR count). The largest absolute Gasteiger partial charge is 0.481 e. The van der Waals surface area contributed by atoms with E-state index in [0.29, 0.717) is 44.9 Å². The topological polar surface area (TPSA) is 259 Å². The number of carbonyl (C=O) groups excluding carboxylic acids is 2. The molecule has 20 unspecified atom stereocenters. The SMILES string of the molecule is C=CC1C(OC2OC(CO)C(O)C(O)C2O)OC=C(C(=O)OC)C1CC(=O)OCC1(C)C(O)C(O)CC2(C)C1CCC1(C)C2CC=C2C3C(C(=O)O)(CCC(C)C3(C)O)CCC21C. The molecule has 4 saturated carbocycles. The maximum atomic E-state index is 14.0. The quantitative estimate of drug-likeness (QED) is 0.116. The highest BCUT2D eigenvalue weighted by Gasteiger charge is 2.72. The molecule has 0 aromatic rings. The van der Waals surface area contributed by atoms with Crippen LogP contribution in [0.5, 0.6) is 0 Å². The zero-order chi connectivity index (χ0) is 46.4. The summed E-state index contributed by atoms with van der Waals surface area (Å²) in [5, 5.41) is 87.4. The molecule has 1 saturated heterocycles. The molecule has 8 N–H and O–H groups in total. The molecule has 2 aliphatic heterocycles. The first kappa shape index (κ1) is 48.0. The highest BCUT2D eigenvalue weighted by Crippen LogP contribution is 2.76. The highest BCUT2D eigenvalue weighted by atomic mass is 16.8. The zero-order valence-electron chi connectivity index (χ0n) is 37.6. The molecule has 0 amide bonds. The van der Waals surface area contributed by atoms with Gasteiger partial charge in [0, 0.05) is 23.2 Å². The fourth-order valence-corrected chi connectivity index (χ4v) is 14.4. The van der Waals surface area contributed by atoms with E-state index in [9.17, 15) is 55.2 Å². The monoisotopic (exact) mass is 890 g/mol. The number of carboxylic acid groups (broad SMARTS) is 1. The van der Waals surface area contributed by atoms with Crippen LogP contribution in [0.4, 0.5) is 0 Å². The maximum Gasteiger partial charge on any atom is 0.337 e. The van der Waals surface area contributed by atoms with Crippen LogP contribution >= 0.6 is 0 Å². The molecule has 0 radical (unpaired) electrons. The first-order valence-electron chi connectivity index (χ1n) is 22.6. The minimum absolute atomic E-state index is 0.00179. The van der Waals surface area contributed by atoms with E-state index < -0.39 is 125 Å². The van der Waals surface area contributed by atoms with Gasteiger partial charge in [-0.2, -0.15) is 0 Å². The second-order valence-electron chi connectivity index (χ2n) is 21.3. The summed E-state index contributed by atoms with van der Waals surface area (Å²) < 4.78 is 28.2. The van der Waals surface area contributed by atoms with Crippen LogP contribution < -0.4 is 0 Å². The van der Waals surface area contributed by atoms with Gasteiger partial charge in [0.05, 0.1) is 61.8 Å². The number of fused-ring (bicyclic) bond motifs is 7. The molecule has 0 aromatic carbocycles. The summed E-state index contributed by atoms with van der Waals surface area (Å²) in [5.41, 5.74) is -3.72. The van der Waals surface area contributed by atoms with Gasteiger partial charge in [0.2, 0.25) is 6.29 Å². The third-order valence-electron chi connectivity index (χ3n) is 18.5. The van der Waals surface area contributed by atoms with E-state index >= 15 is 0 Å². The van der Waals surface area contributed by atoms with E-state index in [1.54, 1.807) is 0 Å². The van der Waals surface area contributed by atoms with Crippen LogP contribution in [-0.4, -0.2) is 134 Å². The fraction of sp³-hybridized carbons (Fsp3) is 0.809. The number of allylic oxidation sites excluding steroid dienone is 1. The van der Waals surface area contributed by atoms with E-state index in [1.807, 2.05) is 20.8 Å². The van der Waals surface area contributed by atoms with Crippen LogP contribution in [0.2, 0.25) is 0 Å². The van der Waals surface area contributed by atoms with Gasteiger partial charge in [-0.1, -0.05) is 52.3 Å². The van der Waals surface area contributed by atoms with Gasteiger partial charge in [0.1, 0.15) is 24.4 Å². The molecular formula is C47H70O16. The van der Waals surface area contributed by atoms with Gasteiger partial charge in [0.25, 0.3) is 0 Å². The molecule has 0 bridgehead atoms. The molecule has 20 atom stereocenters. The highest BCUT2D eigenvalue weighted by molar-refractivity contribution is 5.90. The van der Waals surface area contributed by atoms with Gasteiger partial charge < -0.3 is 64.5 Å². The number of methoxy groups -OCH3 is 1. The maximum absolute atomic E-state index is 14.0. The number of aliphatic hydroxyl groups is 7. The van der Waals surface area contributed by atoms with Crippen molar-refractivity contribution in [2.75, 3.05) is 20.3 Å². The van der Waals surface area contributed by atoms with Crippen LogP contribution in [0.1, 0.15) is 99.3 Å². The molecule has 0 spiro atoms. The Labute approximate surface area is 369 Å². The normalized spacial score (nSPS) is 50.4. The number of esters is 2. The molecule has 16 nitrogen and oxygen atoms in total. The Hall–Kier alpha value is -2.93. The van der Waals surface area contributed by atoms with Crippen molar-refractivity contribution in [3.05, 3.63) is 36.1 Å². The average Bonchev–Trinajstić information content (AvgIpc) is 3.23. The van der Waals surface area contributed by atoms with Crippen molar-refractivity contribution >= 4 is 17.9 Å². The molecule has 5 aliphatic carbocycles. The van der Waals surface area contributed by atoms with Gasteiger partial charge >= 0.3 is 17.9 Å². The van der Waals surface area contributed by atoms with Crippen molar-refractivity contribution < 1.29 is 78.9 Å². The molecule has 5 fully saturated rings. The van der Waals surface area contributed by atoms with E-state index in [0.717, 1.165) is 18.3 Å². The molecule has 16 heteroatoms. The fourth-order valence-electron chi connectivity index (χ4n) is 14.4. The number of aliphatic hydroxyl groups excluding tert-OH is 6. The van der Waals surface area contributed by atoms with E-state index in [4.69, 9.17) is 23.7 Å². The summed E-state index contributed by atoms with van der Waals surface area (Å²) in [7, 11) is 1.17. The Morgan fingerprint density at radius 1 is 0.937 bits per heavy atom. The number of hydrogen-bond donors (Lipinski definition) is 8. The van der Waals surface area contributed by atoms with E-state index in [2.05, 4.69) is 33.4 Å². The van der Waals surface area contributed by atoms with Crippen molar-refractivity contribution in [1.82, 2.24) is 0 Å². The van der Waals surface area contributed by atoms with Crippen LogP contribution in [0.15, 0.2) is 36.1 Å². The zero-order valence-corrected chi connectivity index (χ0v) is 37.6. The molecule has 7 aliphatic rings. The van der Waals surface area contributed by atoms with Gasteiger partial charge in [-0.15, -0.1) is 6.58 Å². The van der Waals surface area contributed by atoms with Crippen molar-refractivity contribution in [1.29, 1.82) is 0 Å². The number of hydrogen-bond acceptors (Lipinski definition) is 15. The smallest absolute Gasteiger partial charge is 0.337 e. The Bertz CT molecular complexity index is 1860. The Morgan fingerprint density at radius 3 is 2.27 bits per heavy atom. The summed E-state index contributed by atoms with van der Waals surface area (Å²) in [6, 6.07) is 0. The van der Waals surface area contributed by atoms with Crippen LogP contribution in [0, 0.1) is 62.6 Å². The standard InChI is InChI=1S/C47H70O16/c1-9-24-25(26(38(55)59-8)21-60-39(24)63-40-35(53)34(52)33(51)29(20-48)62-40)18-32(50)61-22-43(4)30-13-14-45(6)31(42(30,3)19-28(49)37(43)54)11-10-27-36-46(7,58)23(2)12-15-47(36,41(56)57)17-16-44(27,45)5/h9-10,21,23-25,28-31,33-37,39-40,48-49,51-54,58H,1,11-20,22H2,2-8H3,(H,56,57). The summed E-state index contributed by atoms with van der Waals surface area (Å²) in [6.45, 7) is 15.3. The summed E-state index contributed by atoms with van der Waals surface area (Å²) in [5.74, 6) is -5.16. The molecule has 63 heavy (non-hydrogen) atoms. The van der Waals surface area contributed by atoms with Gasteiger partial charge in [0.15, 0.2) is 6.29 Å².